The Labute approximate surface area is 117 Å². The normalized spacial score (nSPS) is 26.5. The predicted octanol–water partition coefficient (Wildman–Crippen LogP) is 0.561. The first-order chi connectivity index (χ1) is 9.20. The van der Waals surface area contributed by atoms with E-state index < -0.39 is 0 Å². The second-order valence-electron chi connectivity index (χ2n) is 5.26. The molecule has 0 radical (unpaired) electrons. The molecule has 0 saturated carbocycles. The Balaban J connectivity index is 1.82. The monoisotopic (exact) mass is 281 g/mol. The third-order valence-corrected chi connectivity index (χ3v) is 5.40. The summed E-state index contributed by atoms with van der Waals surface area (Å²) in [6, 6.07) is -0.100. The summed E-state index contributed by atoms with van der Waals surface area (Å²) < 4.78 is 1.99. The van der Waals surface area contributed by atoms with Gasteiger partial charge in [0.2, 0.25) is 5.91 Å². The lowest BCUT2D eigenvalue weighted by atomic mass is 10.0. The Kier molecular flexibility index (Phi) is 3.54. The summed E-state index contributed by atoms with van der Waals surface area (Å²) in [6.07, 6.45) is 4.57. The summed E-state index contributed by atoms with van der Waals surface area (Å²) in [7, 11) is 1.96. The summed E-state index contributed by atoms with van der Waals surface area (Å²) in [6.45, 7) is 0.561. The van der Waals surface area contributed by atoms with Crippen LogP contribution in [0, 0.1) is 0 Å². The van der Waals surface area contributed by atoms with Gasteiger partial charge in [-0.05, 0) is 18.6 Å². The number of aryl methyl sites for hydroxylation is 1. The second kappa shape index (κ2) is 5.17. The highest BCUT2D eigenvalue weighted by Gasteiger charge is 2.36. The zero-order valence-electron chi connectivity index (χ0n) is 11.1. The number of imidazole rings is 1. The van der Waals surface area contributed by atoms with Gasteiger partial charge in [0.1, 0.15) is 0 Å². The molecule has 19 heavy (non-hydrogen) atoms. The Morgan fingerprint density at radius 3 is 3.16 bits per heavy atom. The van der Waals surface area contributed by atoms with E-state index in [-0.39, 0.29) is 23.8 Å². The topological polar surface area (TPSA) is 58.4 Å². The first-order valence-corrected chi connectivity index (χ1v) is 7.77. The van der Waals surface area contributed by atoms with Crippen LogP contribution in [0.1, 0.15) is 24.2 Å². The zero-order valence-corrected chi connectivity index (χ0v) is 11.9. The van der Waals surface area contributed by atoms with Crippen molar-refractivity contribution in [3.63, 3.8) is 0 Å². The summed E-state index contributed by atoms with van der Waals surface area (Å²) in [5.74, 6) is 1.25. The van der Waals surface area contributed by atoms with E-state index in [9.17, 15) is 9.90 Å². The second-order valence-corrected chi connectivity index (χ2v) is 6.57. The van der Waals surface area contributed by atoms with Gasteiger partial charge in [-0.2, -0.15) is 0 Å². The molecule has 104 valence electrons. The van der Waals surface area contributed by atoms with E-state index in [0.717, 1.165) is 30.0 Å². The maximum atomic E-state index is 12.5. The van der Waals surface area contributed by atoms with Gasteiger partial charge in [0.05, 0.1) is 36.5 Å². The lowest BCUT2D eigenvalue weighted by molar-refractivity contribution is -0.135. The van der Waals surface area contributed by atoms with Crippen molar-refractivity contribution in [3.8, 4) is 0 Å². The number of hydrogen-bond acceptors (Lipinski definition) is 4. The Morgan fingerprint density at radius 2 is 2.47 bits per heavy atom. The van der Waals surface area contributed by atoms with E-state index >= 15 is 0 Å². The van der Waals surface area contributed by atoms with Crippen molar-refractivity contribution in [2.45, 2.75) is 37.1 Å². The molecule has 2 aliphatic rings. The van der Waals surface area contributed by atoms with Crippen LogP contribution in [0.2, 0.25) is 0 Å². The van der Waals surface area contributed by atoms with E-state index in [1.54, 1.807) is 18.1 Å². The van der Waals surface area contributed by atoms with Crippen molar-refractivity contribution in [2.24, 2.45) is 7.05 Å². The molecule has 0 aromatic carbocycles. The maximum Gasteiger partial charge on any atom is 0.236 e. The van der Waals surface area contributed by atoms with Gasteiger partial charge in [-0.15, -0.1) is 11.8 Å². The van der Waals surface area contributed by atoms with Crippen LogP contribution in [-0.4, -0.2) is 49.1 Å². The fraction of sp³-hybridized carbons (Fsp3) is 0.692. The van der Waals surface area contributed by atoms with Crippen molar-refractivity contribution in [2.75, 3.05) is 12.4 Å². The highest BCUT2D eigenvalue weighted by molar-refractivity contribution is 8.00. The standard InChI is InChI=1S/C13H19N3O2S/c1-15-8-14-10-6-16(9(7-17)5-11(10)15)13(18)12-3-2-4-19-12/h8-9,12,17H,2-7H2,1H3/t9-,12-/m0/s1. The molecule has 0 unspecified atom stereocenters. The van der Waals surface area contributed by atoms with E-state index in [2.05, 4.69) is 4.98 Å². The zero-order chi connectivity index (χ0) is 13.4. The number of nitrogens with zero attached hydrogens (tertiary/aromatic N) is 3. The van der Waals surface area contributed by atoms with E-state index in [1.165, 1.54) is 0 Å². The number of aromatic nitrogens is 2. The van der Waals surface area contributed by atoms with Crippen molar-refractivity contribution in [3.05, 3.63) is 17.7 Å². The molecule has 2 atom stereocenters. The van der Waals surface area contributed by atoms with Crippen LogP contribution >= 0.6 is 11.8 Å². The van der Waals surface area contributed by atoms with E-state index in [0.29, 0.717) is 13.0 Å². The Morgan fingerprint density at radius 1 is 1.63 bits per heavy atom. The van der Waals surface area contributed by atoms with E-state index in [4.69, 9.17) is 0 Å². The number of hydrogen-bond donors (Lipinski definition) is 1. The molecule has 0 spiro atoms. The summed E-state index contributed by atoms with van der Waals surface area (Å²) in [5, 5.41) is 9.66. The molecule has 1 N–H and O–H groups in total. The quantitative estimate of drug-likeness (QED) is 0.860. The molecule has 1 aromatic heterocycles. The fourth-order valence-electron chi connectivity index (χ4n) is 2.90. The number of amides is 1. The lowest BCUT2D eigenvalue weighted by Gasteiger charge is -2.35. The minimum absolute atomic E-state index is 0.0216. The maximum absolute atomic E-state index is 12.5. The van der Waals surface area contributed by atoms with Crippen LogP contribution in [0.4, 0.5) is 0 Å². The van der Waals surface area contributed by atoms with Gasteiger partial charge >= 0.3 is 0 Å². The number of carbonyl (C=O) groups is 1. The van der Waals surface area contributed by atoms with Gasteiger partial charge in [0.15, 0.2) is 0 Å². The van der Waals surface area contributed by atoms with Crippen LogP contribution in [-0.2, 0) is 24.8 Å². The highest BCUT2D eigenvalue weighted by atomic mass is 32.2. The number of carbonyl (C=O) groups excluding carboxylic acids is 1. The molecule has 0 bridgehead atoms. The molecule has 1 fully saturated rings. The smallest absolute Gasteiger partial charge is 0.236 e. The van der Waals surface area contributed by atoms with Crippen molar-refractivity contribution >= 4 is 17.7 Å². The van der Waals surface area contributed by atoms with Gasteiger partial charge in [-0.3, -0.25) is 4.79 Å². The summed E-state index contributed by atoms with van der Waals surface area (Å²) >= 11 is 1.74. The summed E-state index contributed by atoms with van der Waals surface area (Å²) in [5.41, 5.74) is 2.12. The highest BCUT2D eigenvalue weighted by Crippen LogP contribution is 2.31. The predicted molar refractivity (Wildman–Crippen MR) is 73.8 cm³/mol. The van der Waals surface area contributed by atoms with Gasteiger partial charge < -0.3 is 14.6 Å². The van der Waals surface area contributed by atoms with Crippen LogP contribution in [0.5, 0.6) is 0 Å². The average molecular weight is 281 g/mol. The summed E-state index contributed by atoms with van der Waals surface area (Å²) in [4.78, 5) is 18.7. The molecule has 1 amide bonds. The fourth-order valence-corrected chi connectivity index (χ4v) is 4.13. The number of aliphatic hydroxyl groups excluding tert-OH is 1. The van der Waals surface area contributed by atoms with Gasteiger partial charge in [0.25, 0.3) is 0 Å². The first-order valence-electron chi connectivity index (χ1n) is 6.72. The molecule has 1 saturated heterocycles. The Hall–Kier alpha value is -1.01. The number of rotatable bonds is 2. The molecule has 3 rings (SSSR count). The molecule has 5 nitrogen and oxygen atoms in total. The third kappa shape index (κ3) is 2.27. The van der Waals surface area contributed by atoms with Crippen LogP contribution < -0.4 is 0 Å². The third-order valence-electron chi connectivity index (χ3n) is 4.03. The van der Waals surface area contributed by atoms with Gasteiger partial charge in [0, 0.05) is 19.2 Å². The molecule has 1 aromatic rings. The van der Waals surface area contributed by atoms with Crippen molar-refractivity contribution < 1.29 is 9.90 Å². The molecular weight excluding hydrogens is 262 g/mol. The van der Waals surface area contributed by atoms with E-state index in [1.807, 2.05) is 16.5 Å². The average Bonchev–Trinajstić information content (AvgIpc) is 3.07. The van der Waals surface area contributed by atoms with Crippen molar-refractivity contribution in [1.29, 1.82) is 0 Å². The van der Waals surface area contributed by atoms with Gasteiger partial charge in [-0.1, -0.05) is 0 Å². The SMILES string of the molecule is Cn1cnc2c1C[C@@H](CO)N(C(=O)[C@@H]1CCCS1)C2. The molecule has 0 aliphatic carbocycles. The molecule has 2 aliphatic heterocycles. The van der Waals surface area contributed by atoms with Crippen LogP contribution in [0.15, 0.2) is 6.33 Å². The number of thioether (sulfide) groups is 1. The molecule has 3 heterocycles. The largest absolute Gasteiger partial charge is 0.394 e. The lowest BCUT2D eigenvalue weighted by Crippen LogP contribution is -2.49. The molecular formula is C13H19N3O2S. The van der Waals surface area contributed by atoms with Gasteiger partial charge in [-0.25, -0.2) is 4.98 Å². The minimum Gasteiger partial charge on any atom is -0.394 e. The number of aliphatic hydroxyl groups is 1. The number of fused-ring (bicyclic) bond motifs is 1. The van der Waals surface area contributed by atoms with Crippen LogP contribution in [0.25, 0.3) is 0 Å². The first kappa shape index (κ1) is 13.0. The van der Waals surface area contributed by atoms with Crippen LogP contribution in [0.3, 0.4) is 0 Å². The minimum atomic E-state index is -0.100. The Bertz CT molecular complexity index is 482. The van der Waals surface area contributed by atoms with Crippen molar-refractivity contribution in [1.82, 2.24) is 14.5 Å². The molecule has 6 heteroatoms.